The van der Waals surface area contributed by atoms with E-state index in [0.717, 1.165) is 0 Å². The molecule has 0 radical (unpaired) electrons. The topological polar surface area (TPSA) is 95.3 Å². The molecule has 1 fully saturated rings. The van der Waals surface area contributed by atoms with Gasteiger partial charge in [0, 0.05) is 33.9 Å². The maximum Gasteiger partial charge on any atom is 0.303 e. The number of hydrogen-bond donors (Lipinski definition) is 0. The van der Waals surface area contributed by atoms with E-state index in [1.165, 1.54) is 27.0 Å². The summed E-state index contributed by atoms with van der Waals surface area (Å²) >= 11 is 0. The van der Waals surface area contributed by atoms with Gasteiger partial charge in [0.2, 0.25) is 0 Å². The Kier molecular flexibility index (Phi) is 6.57. The van der Waals surface area contributed by atoms with Crippen LogP contribution in [-0.2, 0) is 28.6 Å². The average Bonchev–Trinajstić information content (AvgIpc) is 3.03. The smallest absolute Gasteiger partial charge is 0.303 e. The van der Waals surface area contributed by atoms with Crippen LogP contribution in [-0.4, -0.2) is 54.2 Å². The number of carbonyl (C=O) groups excluding carboxylic acids is 3. The zero-order valence-corrected chi connectivity index (χ0v) is 15.0. The second-order valence-electron chi connectivity index (χ2n) is 6.00. The van der Waals surface area contributed by atoms with E-state index in [1.807, 2.05) is 4.90 Å². The summed E-state index contributed by atoms with van der Waals surface area (Å²) in [4.78, 5) is 36.7. The molecular weight excluding hydrogens is 342 g/mol. The van der Waals surface area contributed by atoms with Crippen molar-refractivity contribution in [1.29, 1.82) is 0 Å². The summed E-state index contributed by atoms with van der Waals surface area (Å²) in [5.74, 6) is -1.11. The fourth-order valence-corrected chi connectivity index (χ4v) is 3.18. The van der Waals surface area contributed by atoms with Gasteiger partial charge in [0.1, 0.15) is 11.8 Å². The SMILES string of the molecule is C=CCN1C[C@@H](OC(C)=O)[C@H](OC(C)=O)[C@@H](OC(C)=O)[C@H]1c1ccco1. The molecule has 1 aromatic heterocycles. The van der Waals surface area contributed by atoms with Crippen molar-refractivity contribution >= 4 is 17.9 Å². The van der Waals surface area contributed by atoms with Gasteiger partial charge in [-0.2, -0.15) is 0 Å². The van der Waals surface area contributed by atoms with E-state index in [2.05, 4.69) is 6.58 Å². The second-order valence-corrected chi connectivity index (χ2v) is 6.00. The van der Waals surface area contributed by atoms with Crippen molar-refractivity contribution in [2.75, 3.05) is 13.1 Å². The quantitative estimate of drug-likeness (QED) is 0.426. The van der Waals surface area contributed by atoms with Crippen LogP contribution in [0.5, 0.6) is 0 Å². The summed E-state index contributed by atoms with van der Waals surface area (Å²) in [7, 11) is 0. The van der Waals surface area contributed by atoms with Crippen molar-refractivity contribution in [3.05, 3.63) is 36.8 Å². The number of rotatable bonds is 6. The molecule has 8 heteroatoms. The third kappa shape index (κ3) is 4.72. The number of likely N-dealkylation sites (tertiary alicyclic amines) is 1. The fourth-order valence-electron chi connectivity index (χ4n) is 3.18. The third-order valence-electron chi connectivity index (χ3n) is 3.93. The molecular formula is C18H23NO7. The van der Waals surface area contributed by atoms with Crippen molar-refractivity contribution in [3.63, 3.8) is 0 Å². The lowest BCUT2D eigenvalue weighted by atomic mass is 9.91. The Morgan fingerprint density at radius 3 is 2.27 bits per heavy atom. The molecule has 0 N–H and O–H groups in total. The van der Waals surface area contributed by atoms with Gasteiger partial charge in [-0.25, -0.2) is 0 Å². The fraction of sp³-hybridized carbons (Fsp3) is 0.500. The minimum atomic E-state index is -0.962. The van der Waals surface area contributed by atoms with Gasteiger partial charge in [-0.3, -0.25) is 19.3 Å². The molecule has 142 valence electrons. The van der Waals surface area contributed by atoms with E-state index in [1.54, 1.807) is 18.2 Å². The molecule has 2 rings (SSSR count). The van der Waals surface area contributed by atoms with Crippen molar-refractivity contribution in [1.82, 2.24) is 4.90 Å². The van der Waals surface area contributed by atoms with Crippen molar-refractivity contribution in [2.24, 2.45) is 0 Å². The van der Waals surface area contributed by atoms with Crippen LogP contribution < -0.4 is 0 Å². The first-order valence-corrected chi connectivity index (χ1v) is 8.23. The normalized spacial score (nSPS) is 26.0. The Bertz CT molecular complexity index is 655. The standard InChI is InChI=1S/C18H23NO7/c1-5-8-19-10-15(24-11(2)20)17(25-12(3)21)18(26-13(4)22)16(19)14-7-6-9-23-14/h5-7,9,15-18H,1,8,10H2,2-4H3/t15-,16-,17+,18+/m1/s1. The minimum Gasteiger partial charge on any atom is -0.468 e. The summed E-state index contributed by atoms with van der Waals surface area (Å²) in [6, 6.07) is 2.93. The van der Waals surface area contributed by atoms with Gasteiger partial charge >= 0.3 is 17.9 Å². The van der Waals surface area contributed by atoms with E-state index >= 15 is 0 Å². The molecule has 1 saturated heterocycles. The monoisotopic (exact) mass is 365 g/mol. The Balaban J connectivity index is 2.47. The highest BCUT2D eigenvalue weighted by Crippen LogP contribution is 2.36. The molecule has 2 heterocycles. The number of furan rings is 1. The average molecular weight is 365 g/mol. The molecule has 0 aliphatic carbocycles. The van der Waals surface area contributed by atoms with Gasteiger partial charge < -0.3 is 18.6 Å². The highest BCUT2D eigenvalue weighted by molar-refractivity contribution is 5.68. The summed E-state index contributed by atoms with van der Waals surface area (Å²) in [5.41, 5.74) is 0. The second kappa shape index (κ2) is 8.66. The van der Waals surface area contributed by atoms with Crippen molar-refractivity contribution < 1.29 is 33.0 Å². The van der Waals surface area contributed by atoms with Crippen LogP contribution in [0.15, 0.2) is 35.5 Å². The van der Waals surface area contributed by atoms with E-state index < -0.39 is 42.3 Å². The van der Waals surface area contributed by atoms with Gasteiger partial charge in [0.15, 0.2) is 18.3 Å². The van der Waals surface area contributed by atoms with Crippen LogP contribution in [0.2, 0.25) is 0 Å². The number of nitrogens with zero attached hydrogens (tertiary/aromatic N) is 1. The molecule has 0 unspecified atom stereocenters. The first-order valence-electron chi connectivity index (χ1n) is 8.23. The number of ether oxygens (including phenoxy) is 3. The van der Waals surface area contributed by atoms with E-state index in [9.17, 15) is 14.4 Å². The lowest BCUT2D eigenvalue weighted by Crippen LogP contribution is -2.60. The molecule has 26 heavy (non-hydrogen) atoms. The molecule has 1 aliphatic rings. The molecule has 0 aromatic carbocycles. The molecule has 0 spiro atoms. The molecule has 8 nitrogen and oxygen atoms in total. The Hall–Kier alpha value is -2.61. The van der Waals surface area contributed by atoms with Crippen LogP contribution >= 0.6 is 0 Å². The number of carbonyl (C=O) groups is 3. The maximum atomic E-state index is 11.7. The van der Waals surface area contributed by atoms with Gasteiger partial charge in [0.25, 0.3) is 0 Å². The number of hydrogen-bond acceptors (Lipinski definition) is 8. The van der Waals surface area contributed by atoms with Gasteiger partial charge in [0.05, 0.1) is 6.26 Å². The Morgan fingerprint density at radius 1 is 1.15 bits per heavy atom. The van der Waals surface area contributed by atoms with Crippen LogP contribution in [0, 0.1) is 0 Å². The third-order valence-corrected chi connectivity index (χ3v) is 3.93. The van der Waals surface area contributed by atoms with Crippen LogP contribution in [0.25, 0.3) is 0 Å². The van der Waals surface area contributed by atoms with Crippen molar-refractivity contribution in [2.45, 2.75) is 45.1 Å². The largest absolute Gasteiger partial charge is 0.468 e. The minimum absolute atomic E-state index is 0.257. The summed E-state index contributed by atoms with van der Waals surface area (Å²) in [5, 5.41) is 0. The van der Waals surface area contributed by atoms with E-state index in [4.69, 9.17) is 18.6 Å². The molecule has 0 amide bonds. The van der Waals surface area contributed by atoms with Crippen molar-refractivity contribution in [3.8, 4) is 0 Å². The molecule has 4 atom stereocenters. The lowest BCUT2D eigenvalue weighted by Gasteiger charge is -2.45. The highest BCUT2D eigenvalue weighted by atomic mass is 16.6. The predicted octanol–water partition coefficient (Wildman–Crippen LogP) is 1.62. The predicted molar refractivity (Wildman–Crippen MR) is 89.9 cm³/mol. The zero-order chi connectivity index (χ0) is 19.3. The Labute approximate surface area is 151 Å². The first kappa shape index (κ1) is 19.7. The number of esters is 3. The van der Waals surface area contributed by atoms with Crippen LogP contribution in [0.1, 0.15) is 32.6 Å². The lowest BCUT2D eigenvalue weighted by molar-refractivity contribution is -0.205. The maximum absolute atomic E-state index is 11.7. The molecule has 1 aromatic rings. The van der Waals surface area contributed by atoms with E-state index in [0.29, 0.717) is 12.3 Å². The number of piperidine rings is 1. The van der Waals surface area contributed by atoms with Gasteiger partial charge in [-0.1, -0.05) is 6.08 Å². The van der Waals surface area contributed by atoms with Crippen LogP contribution in [0.4, 0.5) is 0 Å². The Morgan fingerprint density at radius 2 is 1.77 bits per heavy atom. The molecule has 1 aliphatic heterocycles. The van der Waals surface area contributed by atoms with Gasteiger partial charge in [-0.15, -0.1) is 6.58 Å². The summed E-state index contributed by atoms with van der Waals surface area (Å²) in [6.07, 6.45) is 0.507. The summed E-state index contributed by atoms with van der Waals surface area (Å²) in [6.45, 7) is 8.19. The molecule has 0 saturated carbocycles. The highest BCUT2D eigenvalue weighted by Gasteiger charge is 2.50. The first-order chi connectivity index (χ1) is 12.3. The molecule has 0 bridgehead atoms. The zero-order valence-electron chi connectivity index (χ0n) is 15.0. The summed E-state index contributed by atoms with van der Waals surface area (Å²) < 4.78 is 21.7. The van der Waals surface area contributed by atoms with Gasteiger partial charge in [-0.05, 0) is 12.1 Å². The van der Waals surface area contributed by atoms with E-state index in [-0.39, 0.29) is 6.54 Å². The van der Waals surface area contributed by atoms with Crippen LogP contribution in [0.3, 0.4) is 0 Å².